The van der Waals surface area contributed by atoms with E-state index in [1.807, 2.05) is 0 Å². The Labute approximate surface area is 127 Å². The predicted molar refractivity (Wildman–Crippen MR) is 80.4 cm³/mol. The van der Waals surface area contributed by atoms with Gasteiger partial charge in [-0.2, -0.15) is 0 Å². The third kappa shape index (κ3) is 3.24. The van der Waals surface area contributed by atoms with Crippen molar-refractivity contribution in [2.75, 3.05) is 0 Å². The average Bonchev–Trinajstić information content (AvgIpc) is 3.02. The summed E-state index contributed by atoms with van der Waals surface area (Å²) in [6, 6.07) is 4.92. The van der Waals surface area contributed by atoms with Crippen molar-refractivity contribution >= 4 is 5.91 Å². The number of carbonyl (C=O) groups is 1. The van der Waals surface area contributed by atoms with Crippen LogP contribution in [0.2, 0.25) is 0 Å². The molecule has 1 fully saturated rings. The van der Waals surface area contributed by atoms with E-state index in [0.717, 1.165) is 18.7 Å². The Kier molecular flexibility index (Phi) is 4.32. The third-order valence-electron chi connectivity index (χ3n) is 4.04. The van der Waals surface area contributed by atoms with Gasteiger partial charge in [-0.3, -0.25) is 9.59 Å². The highest BCUT2D eigenvalue weighted by Gasteiger charge is 2.18. The standard InChI is InChI=1S/C15H19N5O2/c21-14-8-4-7-12(18-14)15(22)16-9-13-19-17-10-20(13)11-5-2-1-3-6-11/h4,7-8,10-11H,1-3,5-6,9H2,(H,16,22)(H,18,21). The SMILES string of the molecule is O=C(NCc1nncn1C1CCCCC1)c1cccc(=O)[nH]1. The maximum absolute atomic E-state index is 12.0. The molecule has 0 aliphatic heterocycles. The zero-order valence-electron chi connectivity index (χ0n) is 12.3. The summed E-state index contributed by atoms with van der Waals surface area (Å²) in [7, 11) is 0. The number of nitrogens with zero attached hydrogens (tertiary/aromatic N) is 3. The number of amides is 1. The van der Waals surface area contributed by atoms with Crippen molar-refractivity contribution in [2.45, 2.75) is 44.7 Å². The molecule has 0 saturated heterocycles. The number of nitrogens with one attached hydrogen (secondary N) is 2. The fourth-order valence-electron chi connectivity index (χ4n) is 2.89. The molecular weight excluding hydrogens is 282 g/mol. The molecule has 116 valence electrons. The molecule has 1 saturated carbocycles. The van der Waals surface area contributed by atoms with Gasteiger partial charge < -0.3 is 14.9 Å². The van der Waals surface area contributed by atoms with Gasteiger partial charge in [0.25, 0.3) is 5.91 Å². The smallest absolute Gasteiger partial charge is 0.268 e. The molecule has 0 radical (unpaired) electrons. The Balaban J connectivity index is 1.65. The van der Waals surface area contributed by atoms with Gasteiger partial charge in [-0.1, -0.05) is 25.3 Å². The summed E-state index contributed by atoms with van der Waals surface area (Å²) in [6.07, 6.45) is 7.73. The van der Waals surface area contributed by atoms with Crippen molar-refractivity contribution in [1.29, 1.82) is 0 Å². The highest BCUT2D eigenvalue weighted by atomic mass is 16.2. The molecule has 3 rings (SSSR count). The van der Waals surface area contributed by atoms with Crippen LogP contribution in [0.3, 0.4) is 0 Å². The van der Waals surface area contributed by atoms with E-state index in [2.05, 4.69) is 25.1 Å². The van der Waals surface area contributed by atoms with Gasteiger partial charge in [-0.05, 0) is 18.9 Å². The molecule has 1 aliphatic rings. The molecule has 0 aromatic carbocycles. The van der Waals surface area contributed by atoms with Crippen LogP contribution in [0.5, 0.6) is 0 Å². The molecule has 7 nitrogen and oxygen atoms in total. The summed E-state index contributed by atoms with van der Waals surface area (Å²) in [5, 5.41) is 10.8. The Morgan fingerprint density at radius 2 is 2.14 bits per heavy atom. The third-order valence-corrected chi connectivity index (χ3v) is 4.04. The second-order valence-corrected chi connectivity index (χ2v) is 5.56. The van der Waals surface area contributed by atoms with Gasteiger partial charge in [0.2, 0.25) is 5.56 Å². The van der Waals surface area contributed by atoms with Crippen molar-refractivity contribution in [3.8, 4) is 0 Å². The molecular formula is C15H19N5O2. The first-order valence-electron chi connectivity index (χ1n) is 7.60. The molecule has 22 heavy (non-hydrogen) atoms. The van der Waals surface area contributed by atoms with E-state index in [4.69, 9.17) is 0 Å². The van der Waals surface area contributed by atoms with Crippen LogP contribution in [0.15, 0.2) is 29.3 Å². The van der Waals surface area contributed by atoms with Crippen LogP contribution < -0.4 is 10.9 Å². The van der Waals surface area contributed by atoms with E-state index >= 15 is 0 Å². The minimum atomic E-state index is -0.323. The number of carbonyl (C=O) groups excluding carboxylic acids is 1. The molecule has 2 aromatic rings. The summed E-state index contributed by atoms with van der Waals surface area (Å²) in [5.74, 6) is 0.425. The fourth-order valence-corrected chi connectivity index (χ4v) is 2.89. The van der Waals surface area contributed by atoms with Crippen molar-refractivity contribution in [2.24, 2.45) is 0 Å². The van der Waals surface area contributed by atoms with E-state index in [-0.39, 0.29) is 17.2 Å². The average molecular weight is 301 g/mol. The van der Waals surface area contributed by atoms with E-state index in [0.29, 0.717) is 12.6 Å². The van der Waals surface area contributed by atoms with Gasteiger partial charge in [0.05, 0.1) is 6.54 Å². The summed E-state index contributed by atoms with van der Waals surface area (Å²) in [4.78, 5) is 25.8. The summed E-state index contributed by atoms with van der Waals surface area (Å²) >= 11 is 0. The molecule has 0 spiro atoms. The lowest BCUT2D eigenvalue weighted by Crippen LogP contribution is -2.28. The highest BCUT2D eigenvalue weighted by Crippen LogP contribution is 2.28. The van der Waals surface area contributed by atoms with Crippen LogP contribution in [-0.2, 0) is 6.54 Å². The Bertz CT molecular complexity index is 700. The molecule has 0 unspecified atom stereocenters. The zero-order valence-corrected chi connectivity index (χ0v) is 12.3. The topological polar surface area (TPSA) is 92.7 Å². The maximum atomic E-state index is 12.0. The van der Waals surface area contributed by atoms with Crippen molar-refractivity contribution in [3.63, 3.8) is 0 Å². The van der Waals surface area contributed by atoms with Gasteiger partial charge in [0, 0.05) is 12.1 Å². The van der Waals surface area contributed by atoms with Crippen LogP contribution in [0.1, 0.15) is 54.5 Å². The monoisotopic (exact) mass is 301 g/mol. The molecule has 1 amide bonds. The van der Waals surface area contributed by atoms with Gasteiger partial charge in [0.15, 0.2) is 5.82 Å². The number of pyridine rings is 1. The van der Waals surface area contributed by atoms with Crippen LogP contribution in [-0.4, -0.2) is 25.7 Å². The largest absolute Gasteiger partial charge is 0.343 e. The molecule has 1 aliphatic carbocycles. The van der Waals surface area contributed by atoms with Crippen LogP contribution in [0, 0.1) is 0 Å². The molecule has 2 heterocycles. The normalized spacial score (nSPS) is 15.6. The molecule has 2 aromatic heterocycles. The first kappa shape index (κ1) is 14.5. The number of aromatic nitrogens is 4. The quantitative estimate of drug-likeness (QED) is 0.892. The van der Waals surface area contributed by atoms with Crippen LogP contribution >= 0.6 is 0 Å². The molecule has 0 bridgehead atoms. The first-order chi connectivity index (χ1) is 10.7. The van der Waals surface area contributed by atoms with E-state index in [9.17, 15) is 9.59 Å². The first-order valence-corrected chi connectivity index (χ1v) is 7.60. The fraction of sp³-hybridized carbons (Fsp3) is 0.467. The van der Waals surface area contributed by atoms with Crippen LogP contribution in [0.4, 0.5) is 0 Å². The maximum Gasteiger partial charge on any atom is 0.268 e. The van der Waals surface area contributed by atoms with Crippen LogP contribution in [0.25, 0.3) is 0 Å². The lowest BCUT2D eigenvalue weighted by molar-refractivity contribution is 0.0943. The second kappa shape index (κ2) is 6.55. The van der Waals surface area contributed by atoms with Crippen molar-refractivity contribution in [3.05, 3.63) is 46.4 Å². The van der Waals surface area contributed by atoms with E-state index < -0.39 is 0 Å². The van der Waals surface area contributed by atoms with E-state index in [1.165, 1.54) is 25.3 Å². The summed E-state index contributed by atoms with van der Waals surface area (Å²) < 4.78 is 2.06. The Morgan fingerprint density at radius 1 is 1.32 bits per heavy atom. The lowest BCUT2D eigenvalue weighted by atomic mass is 9.95. The Morgan fingerprint density at radius 3 is 2.91 bits per heavy atom. The summed E-state index contributed by atoms with van der Waals surface area (Å²) in [6.45, 7) is 0.298. The molecule has 7 heteroatoms. The predicted octanol–water partition coefficient (Wildman–Crippen LogP) is 1.40. The van der Waals surface area contributed by atoms with Gasteiger partial charge in [-0.15, -0.1) is 10.2 Å². The number of rotatable bonds is 4. The van der Waals surface area contributed by atoms with Crippen molar-refractivity contribution < 1.29 is 4.79 Å². The van der Waals surface area contributed by atoms with Gasteiger partial charge >= 0.3 is 0 Å². The number of H-pyrrole nitrogens is 1. The number of hydrogen-bond donors (Lipinski definition) is 2. The van der Waals surface area contributed by atoms with E-state index in [1.54, 1.807) is 18.5 Å². The number of hydrogen-bond acceptors (Lipinski definition) is 4. The van der Waals surface area contributed by atoms with Crippen molar-refractivity contribution in [1.82, 2.24) is 25.1 Å². The lowest BCUT2D eigenvalue weighted by Gasteiger charge is -2.24. The molecule has 2 N–H and O–H groups in total. The second-order valence-electron chi connectivity index (χ2n) is 5.56. The number of aromatic amines is 1. The summed E-state index contributed by atoms with van der Waals surface area (Å²) in [5.41, 5.74) is -0.0470. The Hall–Kier alpha value is -2.44. The molecule has 0 atom stereocenters. The minimum absolute atomic E-state index is 0.247. The highest BCUT2D eigenvalue weighted by molar-refractivity contribution is 5.92. The van der Waals surface area contributed by atoms with Gasteiger partial charge in [-0.25, -0.2) is 0 Å². The van der Waals surface area contributed by atoms with Gasteiger partial charge in [0.1, 0.15) is 12.0 Å². The zero-order chi connectivity index (χ0) is 15.4. The minimum Gasteiger partial charge on any atom is -0.343 e.